The van der Waals surface area contributed by atoms with Gasteiger partial charge in [-0.1, -0.05) is 54.2 Å². The lowest BCUT2D eigenvalue weighted by Crippen LogP contribution is -2.36. The van der Waals surface area contributed by atoms with Crippen molar-refractivity contribution in [3.05, 3.63) is 59.7 Å². The van der Waals surface area contributed by atoms with Crippen molar-refractivity contribution in [3.8, 4) is 11.4 Å². The molecule has 4 rings (SSSR count). The average Bonchev–Trinajstić information content (AvgIpc) is 3.06. The Labute approximate surface area is 163 Å². The molecule has 0 spiro atoms. The van der Waals surface area contributed by atoms with Gasteiger partial charge in [-0.3, -0.25) is 4.79 Å². The molecule has 1 amide bonds. The Bertz CT molecular complexity index is 982. The number of amides is 1. The third kappa shape index (κ3) is 3.49. The van der Waals surface area contributed by atoms with Gasteiger partial charge in [-0.2, -0.15) is 0 Å². The van der Waals surface area contributed by atoms with E-state index in [1.807, 2.05) is 52.9 Å². The maximum Gasteiger partial charge on any atom is 0.237 e. The van der Waals surface area contributed by atoms with E-state index in [0.29, 0.717) is 5.75 Å². The van der Waals surface area contributed by atoms with E-state index in [4.69, 9.17) is 0 Å². The van der Waals surface area contributed by atoms with Crippen LogP contribution in [0.1, 0.15) is 17.5 Å². The van der Waals surface area contributed by atoms with Gasteiger partial charge in [0.1, 0.15) is 0 Å². The van der Waals surface area contributed by atoms with Gasteiger partial charge in [0, 0.05) is 24.8 Å². The molecule has 138 valence electrons. The molecule has 6 heteroatoms. The molecule has 2 aromatic carbocycles. The van der Waals surface area contributed by atoms with E-state index in [1.54, 1.807) is 0 Å². The number of aromatic nitrogens is 3. The van der Waals surface area contributed by atoms with Crippen LogP contribution in [-0.4, -0.2) is 33.0 Å². The molecular weight excluding hydrogens is 356 g/mol. The van der Waals surface area contributed by atoms with Crippen LogP contribution in [0.3, 0.4) is 0 Å². The van der Waals surface area contributed by atoms with Gasteiger partial charge >= 0.3 is 0 Å². The molecule has 1 aromatic heterocycles. The predicted molar refractivity (Wildman–Crippen MR) is 109 cm³/mol. The van der Waals surface area contributed by atoms with Crippen LogP contribution in [0, 0.1) is 6.92 Å². The van der Waals surface area contributed by atoms with E-state index in [2.05, 4.69) is 29.3 Å². The molecule has 2 heterocycles. The molecule has 0 atom stereocenters. The lowest BCUT2D eigenvalue weighted by molar-refractivity contribution is -0.116. The number of hydrogen-bond donors (Lipinski definition) is 0. The predicted octanol–water partition coefficient (Wildman–Crippen LogP) is 3.86. The van der Waals surface area contributed by atoms with E-state index in [9.17, 15) is 4.79 Å². The number of carbonyl (C=O) groups is 1. The topological polar surface area (TPSA) is 51.0 Å². The minimum Gasteiger partial charge on any atom is -0.311 e. The highest BCUT2D eigenvalue weighted by atomic mass is 32.2. The van der Waals surface area contributed by atoms with Gasteiger partial charge in [0.05, 0.1) is 5.75 Å². The summed E-state index contributed by atoms with van der Waals surface area (Å²) in [4.78, 5) is 14.7. The van der Waals surface area contributed by atoms with Crippen molar-refractivity contribution >= 4 is 23.4 Å². The molecule has 27 heavy (non-hydrogen) atoms. The molecule has 1 aliphatic rings. The summed E-state index contributed by atoms with van der Waals surface area (Å²) in [5, 5.41) is 9.40. The number of hydrogen-bond acceptors (Lipinski definition) is 4. The molecular formula is C21H22N4OS. The molecule has 0 radical (unpaired) electrons. The van der Waals surface area contributed by atoms with Crippen LogP contribution in [0.4, 0.5) is 5.69 Å². The maximum atomic E-state index is 12.8. The van der Waals surface area contributed by atoms with Crippen molar-refractivity contribution in [3.63, 3.8) is 0 Å². The molecule has 0 N–H and O–H groups in total. The minimum absolute atomic E-state index is 0.118. The van der Waals surface area contributed by atoms with Crippen LogP contribution in [0.2, 0.25) is 0 Å². The van der Waals surface area contributed by atoms with Gasteiger partial charge in [-0.15, -0.1) is 10.2 Å². The van der Waals surface area contributed by atoms with Crippen molar-refractivity contribution in [2.24, 2.45) is 7.05 Å². The first-order chi connectivity index (χ1) is 13.1. The number of anilines is 1. The zero-order chi connectivity index (χ0) is 18.8. The SMILES string of the molecule is Cc1ccccc1-c1nnc(SCC(=O)N2CCCc3ccccc32)n1C. The number of rotatable bonds is 4. The molecule has 0 saturated carbocycles. The van der Waals surface area contributed by atoms with Gasteiger partial charge in [0.2, 0.25) is 5.91 Å². The monoisotopic (exact) mass is 378 g/mol. The lowest BCUT2D eigenvalue weighted by atomic mass is 10.0. The standard InChI is InChI=1S/C21H22N4OS/c1-15-8-3-5-11-17(15)20-22-23-21(24(20)2)27-14-19(26)25-13-7-10-16-9-4-6-12-18(16)25/h3-6,8-9,11-12H,7,10,13-14H2,1-2H3. The number of aryl methyl sites for hydroxylation is 2. The van der Waals surface area contributed by atoms with Crippen molar-refractivity contribution < 1.29 is 4.79 Å². The average molecular weight is 379 g/mol. The Hall–Kier alpha value is -2.60. The summed E-state index contributed by atoms with van der Waals surface area (Å²) in [6, 6.07) is 16.3. The largest absolute Gasteiger partial charge is 0.311 e. The summed E-state index contributed by atoms with van der Waals surface area (Å²) in [7, 11) is 1.95. The number of benzene rings is 2. The fraction of sp³-hybridized carbons (Fsp3) is 0.286. The van der Waals surface area contributed by atoms with E-state index in [0.717, 1.165) is 47.2 Å². The molecule has 0 bridgehead atoms. The first-order valence-electron chi connectivity index (χ1n) is 9.11. The Morgan fingerprint density at radius 2 is 1.89 bits per heavy atom. The summed E-state index contributed by atoms with van der Waals surface area (Å²) < 4.78 is 1.96. The highest BCUT2D eigenvalue weighted by Gasteiger charge is 2.23. The molecule has 0 fully saturated rings. The van der Waals surface area contributed by atoms with Gasteiger partial charge in [-0.05, 0) is 37.0 Å². The molecule has 0 aliphatic carbocycles. The van der Waals surface area contributed by atoms with Crippen molar-refractivity contribution in [2.45, 2.75) is 24.9 Å². The van der Waals surface area contributed by atoms with Crippen LogP contribution < -0.4 is 4.90 Å². The second-order valence-electron chi connectivity index (χ2n) is 6.75. The second-order valence-corrected chi connectivity index (χ2v) is 7.69. The van der Waals surface area contributed by atoms with Gasteiger partial charge < -0.3 is 9.47 Å². The Morgan fingerprint density at radius 3 is 2.74 bits per heavy atom. The first kappa shape index (κ1) is 17.8. The Morgan fingerprint density at radius 1 is 1.11 bits per heavy atom. The van der Waals surface area contributed by atoms with Crippen LogP contribution in [0.5, 0.6) is 0 Å². The minimum atomic E-state index is 0.118. The van der Waals surface area contributed by atoms with Crippen LogP contribution in [0.25, 0.3) is 11.4 Å². The fourth-order valence-electron chi connectivity index (χ4n) is 3.50. The highest BCUT2D eigenvalue weighted by molar-refractivity contribution is 7.99. The first-order valence-corrected chi connectivity index (χ1v) is 10.1. The maximum absolute atomic E-state index is 12.8. The number of fused-ring (bicyclic) bond motifs is 1. The number of para-hydroxylation sites is 1. The van der Waals surface area contributed by atoms with Crippen LogP contribution >= 0.6 is 11.8 Å². The summed E-state index contributed by atoms with van der Waals surface area (Å²) in [6.45, 7) is 2.85. The summed E-state index contributed by atoms with van der Waals surface area (Å²) in [6.07, 6.45) is 2.05. The van der Waals surface area contributed by atoms with E-state index >= 15 is 0 Å². The normalized spacial score (nSPS) is 13.5. The molecule has 5 nitrogen and oxygen atoms in total. The van der Waals surface area contributed by atoms with Crippen LogP contribution in [0.15, 0.2) is 53.7 Å². The Balaban J connectivity index is 1.49. The van der Waals surface area contributed by atoms with E-state index in [1.165, 1.54) is 17.3 Å². The molecule has 0 saturated heterocycles. The fourth-order valence-corrected chi connectivity index (χ4v) is 4.28. The van der Waals surface area contributed by atoms with E-state index < -0.39 is 0 Å². The summed E-state index contributed by atoms with van der Waals surface area (Å²) in [5.74, 6) is 1.30. The smallest absolute Gasteiger partial charge is 0.237 e. The zero-order valence-corrected chi connectivity index (χ0v) is 16.4. The molecule has 3 aromatic rings. The molecule has 1 aliphatic heterocycles. The van der Waals surface area contributed by atoms with Gasteiger partial charge in [-0.25, -0.2) is 0 Å². The second kappa shape index (κ2) is 7.56. The number of carbonyl (C=O) groups excluding carboxylic acids is 1. The number of nitrogens with zero attached hydrogens (tertiary/aromatic N) is 4. The third-order valence-electron chi connectivity index (χ3n) is 4.96. The third-order valence-corrected chi connectivity index (χ3v) is 5.96. The zero-order valence-electron chi connectivity index (χ0n) is 15.6. The van der Waals surface area contributed by atoms with E-state index in [-0.39, 0.29) is 5.91 Å². The van der Waals surface area contributed by atoms with Gasteiger partial charge in [0.25, 0.3) is 0 Å². The molecule has 0 unspecified atom stereocenters. The highest BCUT2D eigenvalue weighted by Crippen LogP contribution is 2.29. The number of thioether (sulfide) groups is 1. The van der Waals surface area contributed by atoms with Crippen molar-refractivity contribution in [1.82, 2.24) is 14.8 Å². The van der Waals surface area contributed by atoms with Gasteiger partial charge in [0.15, 0.2) is 11.0 Å². The lowest BCUT2D eigenvalue weighted by Gasteiger charge is -2.29. The van der Waals surface area contributed by atoms with Crippen molar-refractivity contribution in [1.29, 1.82) is 0 Å². The van der Waals surface area contributed by atoms with Crippen molar-refractivity contribution in [2.75, 3.05) is 17.2 Å². The Kier molecular flexibility index (Phi) is 4.99. The summed E-state index contributed by atoms with van der Waals surface area (Å²) >= 11 is 1.44. The quantitative estimate of drug-likeness (QED) is 0.647. The van der Waals surface area contributed by atoms with Crippen LogP contribution in [-0.2, 0) is 18.3 Å². The summed E-state index contributed by atoms with van der Waals surface area (Å²) in [5.41, 5.74) is 4.52.